The molecule has 1 N–H and O–H groups in total. The van der Waals surface area contributed by atoms with Crippen molar-refractivity contribution in [3.05, 3.63) is 75.7 Å². The highest BCUT2D eigenvalue weighted by atomic mass is 19.4. The van der Waals surface area contributed by atoms with Gasteiger partial charge in [-0.1, -0.05) is 6.07 Å². The first kappa shape index (κ1) is 21.7. The highest BCUT2D eigenvalue weighted by Crippen LogP contribution is 2.47. The van der Waals surface area contributed by atoms with Gasteiger partial charge in [-0.2, -0.15) is 23.5 Å². The first-order valence-corrected chi connectivity index (χ1v) is 10.5. The topological polar surface area (TPSA) is 126 Å². The summed E-state index contributed by atoms with van der Waals surface area (Å²) < 4.78 is 40.0. The molecule has 0 aromatic carbocycles. The summed E-state index contributed by atoms with van der Waals surface area (Å²) in [5, 5.41) is 13.8. The maximum atomic E-state index is 12.9. The molecule has 0 saturated heterocycles. The number of nitriles is 1. The number of aromatic amines is 1. The van der Waals surface area contributed by atoms with Crippen LogP contribution in [0.2, 0.25) is 0 Å². The number of fused-ring (bicyclic) bond motifs is 1. The summed E-state index contributed by atoms with van der Waals surface area (Å²) in [5.74, 6) is 0.478. The number of nitrogens with one attached hydrogen (secondary N) is 1. The molecular weight excluding hydrogens is 449 g/mol. The van der Waals surface area contributed by atoms with Gasteiger partial charge in [0, 0.05) is 24.5 Å². The number of rotatable bonds is 4. The SMILES string of the molecule is CC(c1ccc(C(F)(F)F)nc1)n1nc(C#N)c2c(=O)[nH]c(C3CCC3c3cncnc3)nc21. The van der Waals surface area contributed by atoms with Crippen LogP contribution in [0, 0.1) is 11.3 Å². The number of halogens is 3. The number of nitrogens with zero attached hydrogens (tertiary/aromatic N) is 7. The van der Waals surface area contributed by atoms with Crippen molar-refractivity contribution in [2.45, 2.75) is 43.8 Å². The third-order valence-corrected chi connectivity index (χ3v) is 6.25. The highest BCUT2D eigenvalue weighted by Gasteiger charge is 2.36. The van der Waals surface area contributed by atoms with E-state index < -0.39 is 23.5 Å². The third-order valence-electron chi connectivity index (χ3n) is 6.25. The molecule has 1 fully saturated rings. The van der Waals surface area contributed by atoms with E-state index in [4.69, 9.17) is 0 Å². The predicted octanol–water partition coefficient (Wildman–Crippen LogP) is 3.47. The van der Waals surface area contributed by atoms with Crippen LogP contribution in [-0.4, -0.2) is 34.7 Å². The molecule has 1 aliphatic rings. The molecule has 0 radical (unpaired) electrons. The van der Waals surface area contributed by atoms with Gasteiger partial charge in [-0.3, -0.25) is 9.78 Å². The smallest absolute Gasteiger partial charge is 0.310 e. The van der Waals surface area contributed by atoms with Gasteiger partial charge in [-0.05, 0) is 42.9 Å². The van der Waals surface area contributed by atoms with Crippen molar-refractivity contribution in [1.29, 1.82) is 5.26 Å². The van der Waals surface area contributed by atoms with E-state index in [9.17, 15) is 23.2 Å². The van der Waals surface area contributed by atoms with E-state index in [0.717, 1.165) is 30.7 Å². The average Bonchev–Trinajstić information content (AvgIpc) is 3.17. The van der Waals surface area contributed by atoms with Crippen molar-refractivity contribution in [3.8, 4) is 6.07 Å². The Balaban J connectivity index is 1.57. The van der Waals surface area contributed by atoms with Crippen LogP contribution in [0.3, 0.4) is 0 Å². The predicted molar refractivity (Wildman–Crippen MR) is 113 cm³/mol. The van der Waals surface area contributed by atoms with Crippen LogP contribution in [0.4, 0.5) is 13.2 Å². The molecule has 3 unspecified atom stereocenters. The van der Waals surface area contributed by atoms with Crippen molar-refractivity contribution in [3.63, 3.8) is 0 Å². The highest BCUT2D eigenvalue weighted by molar-refractivity contribution is 5.80. The number of pyridine rings is 1. The average molecular weight is 466 g/mol. The lowest BCUT2D eigenvalue weighted by atomic mass is 9.70. The fourth-order valence-electron chi connectivity index (χ4n) is 4.28. The Morgan fingerprint density at radius 1 is 1.18 bits per heavy atom. The monoisotopic (exact) mass is 466 g/mol. The van der Waals surface area contributed by atoms with Crippen LogP contribution >= 0.6 is 0 Å². The minimum absolute atomic E-state index is 0.0388. The molecule has 4 heterocycles. The van der Waals surface area contributed by atoms with Gasteiger partial charge in [0.25, 0.3) is 5.56 Å². The van der Waals surface area contributed by atoms with Gasteiger partial charge >= 0.3 is 6.18 Å². The van der Waals surface area contributed by atoms with Crippen molar-refractivity contribution in [1.82, 2.24) is 34.7 Å². The number of alkyl halides is 3. The molecule has 3 atom stereocenters. The zero-order valence-corrected chi connectivity index (χ0v) is 17.8. The fraction of sp³-hybridized carbons (Fsp3) is 0.318. The molecule has 1 aliphatic carbocycles. The summed E-state index contributed by atoms with van der Waals surface area (Å²) in [6.07, 6.45) is 3.15. The minimum atomic E-state index is -4.55. The number of hydrogen-bond donors (Lipinski definition) is 1. The molecule has 12 heteroatoms. The lowest BCUT2D eigenvalue weighted by Gasteiger charge is -2.35. The molecule has 34 heavy (non-hydrogen) atoms. The molecule has 0 aliphatic heterocycles. The molecule has 9 nitrogen and oxygen atoms in total. The number of aromatic nitrogens is 7. The normalized spacial score (nSPS) is 18.9. The molecule has 4 aromatic rings. The summed E-state index contributed by atoms with van der Waals surface area (Å²) in [6, 6.07) is 3.46. The van der Waals surface area contributed by atoms with Crippen LogP contribution in [0.15, 0.2) is 41.8 Å². The first-order chi connectivity index (χ1) is 16.3. The lowest BCUT2D eigenvalue weighted by Crippen LogP contribution is -2.27. The van der Waals surface area contributed by atoms with E-state index in [1.54, 1.807) is 19.3 Å². The van der Waals surface area contributed by atoms with Gasteiger partial charge in [0.1, 0.15) is 29.3 Å². The van der Waals surface area contributed by atoms with E-state index in [1.165, 1.54) is 17.1 Å². The van der Waals surface area contributed by atoms with Crippen LogP contribution in [0.25, 0.3) is 11.0 Å². The van der Waals surface area contributed by atoms with Gasteiger partial charge in [0.15, 0.2) is 11.3 Å². The molecule has 172 valence electrons. The zero-order valence-electron chi connectivity index (χ0n) is 17.8. The zero-order chi connectivity index (χ0) is 24.0. The minimum Gasteiger partial charge on any atom is -0.310 e. The molecular formula is C22H17F3N8O. The van der Waals surface area contributed by atoms with Crippen LogP contribution in [0.5, 0.6) is 0 Å². The maximum absolute atomic E-state index is 12.9. The van der Waals surface area contributed by atoms with Gasteiger partial charge in [0.2, 0.25) is 0 Å². The second-order valence-electron chi connectivity index (χ2n) is 8.17. The molecule has 4 aromatic heterocycles. The third kappa shape index (κ3) is 3.59. The quantitative estimate of drug-likeness (QED) is 0.488. The standard InChI is InChI=1S/C22H17F3N8O/c1-11(12-2-5-17(29-9-12)22(23,24)25)33-20-18(16(6-26)32-33)21(34)31-19(30-20)15-4-3-14(15)13-7-27-10-28-8-13/h2,5,7-11,14-15H,3-4H2,1H3,(H,30,31,34). The number of H-pyrrole nitrogens is 1. The largest absolute Gasteiger partial charge is 0.433 e. The summed E-state index contributed by atoms with van der Waals surface area (Å²) in [4.78, 5) is 32.0. The Morgan fingerprint density at radius 3 is 2.50 bits per heavy atom. The van der Waals surface area contributed by atoms with Gasteiger partial charge < -0.3 is 4.98 Å². The van der Waals surface area contributed by atoms with Gasteiger partial charge in [-0.25, -0.2) is 19.6 Å². The number of hydrogen-bond acceptors (Lipinski definition) is 7. The first-order valence-electron chi connectivity index (χ1n) is 10.5. The van der Waals surface area contributed by atoms with E-state index in [0.29, 0.717) is 11.4 Å². The maximum Gasteiger partial charge on any atom is 0.433 e. The van der Waals surface area contributed by atoms with Gasteiger partial charge in [-0.15, -0.1) is 0 Å². The Hall–Kier alpha value is -4.14. The molecule has 0 amide bonds. The van der Waals surface area contributed by atoms with Crippen molar-refractivity contribution >= 4 is 11.0 Å². The van der Waals surface area contributed by atoms with Crippen LogP contribution in [-0.2, 0) is 6.18 Å². The second-order valence-corrected chi connectivity index (χ2v) is 8.17. The van der Waals surface area contributed by atoms with E-state index >= 15 is 0 Å². The lowest BCUT2D eigenvalue weighted by molar-refractivity contribution is -0.141. The second kappa shape index (κ2) is 8.02. The molecule has 5 rings (SSSR count). The molecule has 0 spiro atoms. The van der Waals surface area contributed by atoms with Crippen molar-refractivity contribution < 1.29 is 13.2 Å². The van der Waals surface area contributed by atoms with Crippen LogP contribution < -0.4 is 5.56 Å². The molecule has 1 saturated carbocycles. The summed E-state index contributed by atoms with van der Waals surface area (Å²) >= 11 is 0. The van der Waals surface area contributed by atoms with Crippen LogP contribution in [0.1, 0.15) is 66.0 Å². The Bertz CT molecular complexity index is 1450. The Morgan fingerprint density at radius 2 is 1.91 bits per heavy atom. The Labute approximate surface area is 190 Å². The van der Waals surface area contributed by atoms with Crippen molar-refractivity contribution in [2.75, 3.05) is 0 Å². The summed E-state index contributed by atoms with van der Waals surface area (Å²) in [7, 11) is 0. The van der Waals surface area contributed by atoms with E-state index in [1.807, 2.05) is 6.07 Å². The molecule has 0 bridgehead atoms. The summed E-state index contributed by atoms with van der Waals surface area (Å²) in [5.41, 5.74) is -0.0496. The van der Waals surface area contributed by atoms with Gasteiger partial charge in [0.05, 0.1) is 6.04 Å². The Kier molecular flexibility index (Phi) is 5.11. The van der Waals surface area contributed by atoms with E-state index in [-0.39, 0.29) is 28.6 Å². The fourth-order valence-corrected chi connectivity index (χ4v) is 4.28. The van der Waals surface area contributed by atoms with Crippen molar-refractivity contribution in [2.24, 2.45) is 0 Å². The summed E-state index contributed by atoms with van der Waals surface area (Å²) in [6.45, 7) is 1.69. The van der Waals surface area contributed by atoms with E-state index in [2.05, 4.69) is 30.0 Å².